The van der Waals surface area contributed by atoms with Crippen LogP contribution in [0, 0.1) is 11.3 Å². The lowest BCUT2D eigenvalue weighted by atomic mass is 10.0. The largest absolute Gasteiger partial charge is 0.494 e. The van der Waals surface area contributed by atoms with Crippen LogP contribution in [0.4, 0.5) is 23.0 Å². The van der Waals surface area contributed by atoms with Gasteiger partial charge in [-0.15, -0.1) is 0 Å². The summed E-state index contributed by atoms with van der Waals surface area (Å²) in [5, 5.41) is 24.9. The van der Waals surface area contributed by atoms with Gasteiger partial charge in [-0.05, 0) is 51.8 Å². The zero-order chi connectivity index (χ0) is 25.9. The SMILES string of the molecule is CC=NC(=N)c1cccc(Nc2cc(Nc3ccc(C(C)(C)O)cn3)ncc2C(=O)C2CC2)c1OC. The highest BCUT2D eigenvalue weighted by Gasteiger charge is 2.32. The molecule has 36 heavy (non-hydrogen) atoms. The number of rotatable bonds is 9. The Kier molecular flexibility index (Phi) is 7.12. The number of aliphatic imine (C=N–C) groups is 1. The van der Waals surface area contributed by atoms with Crippen LogP contribution in [0.1, 0.15) is 55.1 Å². The minimum atomic E-state index is -0.988. The summed E-state index contributed by atoms with van der Waals surface area (Å²) in [6.07, 6.45) is 6.48. The summed E-state index contributed by atoms with van der Waals surface area (Å²) >= 11 is 0. The first-order valence-electron chi connectivity index (χ1n) is 11.7. The molecule has 0 aliphatic heterocycles. The van der Waals surface area contributed by atoms with E-state index in [0.29, 0.717) is 45.5 Å². The number of amidine groups is 1. The lowest BCUT2D eigenvalue weighted by molar-refractivity contribution is 0.0782. The van der Waals surface area contributed by atoms with E-state index in [-0.39, 0.29) is 17.5 Å². The molecule has 0 spiro atoms. The van der Waals surface area contributed by atoms with E-state index < -0.39 is 5.60 Å². The summed E-state index contributed by atoms with van der Waals surface area (Å²) in [4.78, 5) is 25.9. The average molecular weight is 487 g/mol. The monoisotopic (exact) mass is 486 g/mol. The molecule has 4 N–H and O–H groups in total. The first-order valence-corrected chi connectivity index (χ1v) is 11.7. The van der Waals surface area contributed by atoms with Crippen LogP contribution < -0.4 is 15.4 Å². The van der Waals surface area contributed by atoms with Crippen molar-refractivity contribution >= 4 is 40.8 Å². The maximum atomic E-state index is 13.0. The summed E-state index contributed by atoms with van der Waals surface area (Å²) in [6.45, 7) is 5.15. The fourth-order valence-electron chi connectivity index (χ4n) is 3.74. The summed E-state index contributed by atoms with van der Waals surface area (Å²) < 4.78 is 5.62. The second kappa shape index (κ2) is 10.2. The maximum absolute atomic E-state index is 13.0. The van der Waals surface area contributed by atoms with Crippen molar-refractivity contribution in [3.63, 3.8) is 0 Å². The molecule has 0 bridgehead atoms. The molecule has 1 aliphatic rings. The lowest BCUT2D eigenvalue weighted by Crippen LogP contribution is -2.15. The van der Waals surface area contributed by atoms with Crippen molar-refractivity contribution in [1.82, 2.24) is 9.97 Å². The second-order valence-corrected chi connectivity index (χ2v) is 9.12. The molecular weight excluding hydrogens is 456 g/mol. The van der Waals surface area contributed by atoms with Gasteiger partial charge < -0.3 is 20.5 Å². The van der Waals surface area contributed by atoms with E-state index in [4.69, 9.17) is 10.1 Å². The van der Waals surface area contributed by atoms with E-state index in [9.17, 15) is 9.90 Å². The Balaban J connectivity index is 1.68. The number of nitrogens with zero attached hydrogens (tertiary/aromatic N) is 3. The van der Waals surface area contributed by atoms with Crippen molar-refractivity contribution in [1.29, 1.82) is 5.41 Å². The van der Waals surface area contributed by atoms with Crippen molar-refractivity contribution in [2.75, 3.05) is 17.7 Å². The maximum Gasteiger partial charge on any atom is 0.169 e. The number of anilines is 4. The van der Waals surface area contributed by atoms with Gasteiger partial charge in [0, 0.05) is 36.2 Å². The van der Waals surface area contributed by atoms with Crippen LogP contribution in [0.3, 0.4) is 0 Å². The Hall–Kier alpha value is -4.11. The van der Waals surface area contributed by atoms with Gasteiger partial charge in [0.2, 0.25) is 0 Å². The molecule has 3 aromatic rings. The van der Waals surface area contributed by atoms with Crippen LogP contribution in [0.25, 0.3) is 0 Å². The number of hydrogen-bond acceptors (Lipinski definition) is 8. The molecule has 0 unspecified atom stereocenters. The van der Waals surface area contributed by atoms with Gasteiger partial charge in [-0.25, -0.2) is 15.0 Å². The summed E-state index contributed by atoms with van der Waals surface area (Å²) in [5.74, 6) is 1.63. The zero-order valence-electron chi connectivity index (χ0n) is 20.8. The minimum Gasteiger partial charge on any atom is -0.494 e. The number of methoxy groups -OCH3 is 1. The number of aliphatic hydroxyl groups is 1. The van der Waals surface area contributed by atoms with E-state index in [1.807, 2.05) is 6.07 Å². The number of benzene rings is 1. The van der Waals surface area contributed by atoms with Crippen molar-refractivity contribution in [3.05, 3.63) is 65.5 Å². The van der Waals surface area contributed by atoms with Gasteiger partial charge in [0.1, 0.15) is 11.6 Å². The molecule has 186 valence electrons. The summed E-state index contributed by atoms with van der Waals surface area (Å²) in [6, 6.07) is 10.7. The smallest absolute Gasteiger partial charge is 0.169 e. The first-order chi connectivity index (χ1) is 17.2. The van der Waals surface area contributed by atoms with E-state index in [0.717, 1.165) is 12.8 Å². The molecule has 4 rings (SSSR count). The lowest BCUT2D eigenvalue weighted by Gasteiger charge is -2.18. The molecule has 9 heteroatoms. The van der Waals surface area contributed by atoms with Crippen molar-refractivity contribution in [2.24, 2.45) is 10.9 Å². The first kappa shape index (κ1) is 25.0. The second-order valence-electron chi connectivity index (χ2n) is 9.12. The van der Waals surface area contributed by atoms with Crippen LogP contribution in [-0.2, 0) is 5.60 Å². The fraction of sp³-hybridized carbons (Fsp3) is 0.296. The Bertz CT molecular complexity index is 1310. The van der Waals surface area contributed by atoms with E-state index in [1.165, 1.54) is 7.11 Å². The number of aromatic nitrogens is 2. The highest BCUT2D eigenvalue weighted by Crippen LogP contribution is 2.38. The van der Waals surface area contributed by atoms with Crippen molar-refractivity contribution in [3.8, 4) is 5.75 Å². The number of pyridine rings is 2. The normalized spacial score (nSPS) is 13.5. The van der Waals surface area contributed by atoms with Crippen LogP contribution >= 0.6 is 0 Å². The number of carbonyl (C=O) groups is 1. The van der Waals surface area contributed by atoms with Gasteiger partial charge in [-0.2, -0.15) is 0 Å². The molecule has 0 radical (unpaired) electrons. The molecule has 1 fully saturated rings. The third kappa shape index (κ3) is 5.58. The Morgan fingerprint density at radius 3 is 2.47 bits per heavy atom. The summed E-state index contributed by atoms with van der Waals surface area (Å²) in [5.41, 5.74) is 1.89. The molecule has 0 atom stereocenters. The highest BCUT2D eigenvalue weighted by molar-refractivity contribution is 6.06. The van der Waals surface area contributed by atoms with Gasteiger partial charge in [-0.3, -0.25) is 10.2 Å². The topological polar surface area (TPSA) is 133 Å². The predicted molar refractivity (Wildman–Crippen MR) is 141 cm³/mol. The van der Waals surface area contributed by atoms with Crippen LogP contribution in [0.2, 0.25) is 0 Å². The number of para-hydroxylation sites is 1. The van der Waals surface area contributed by atoms with Crippen LogP contribution in [-0.4, -0.2) is 40.0 Å². The van der Waals surface area contributed by atoms with Gasteiger partial charge in [0.25, 0.3) is 0 Å². The average Bonchev–Trinajstić information content (AvgIpc) is 3.69. The molecule has 1 aliphatic carbocycles. The quantitative estimate of drug-likeness (QED) is 0.185. The van der Waals surface area contributed by atoms with Gasteiger partial charge in [-0.1, -0.05) is 12.1 Å². The molecule has 0 saturated heterocycles. The van der Waals surface area contributed by atoms with Gasteiger partial charge in [0.05, 0.1) is 35.2 Å². The highest BCUT2D eigenvalue weighted by atomic mass is 16.5. The molecule has 1 aromatic carbocycles. The molecule has 1 saturated carbocycles. The Morgan fingerprint density at radius 2 is 1.86 bits per heavy atom. The number of nitrogens with one attached hydrogen (secondary N) is 3. The predicted octanol–water partition coefficient (Wildman–Crippen LogP) is 5.21. The fourth-order valence-corrected chi connectivity index (χ4v) is 3.74. The number of ketones is 1. The van der Waals surface area contributed by atoms with Crippen molar-refractivity contribution < 1.29 is 14.6 Å². The third-order valence-corrected chi connectivity index (χ3v) is 5.85. The number of hydrogen-bond donors (Lipinski definition) is 4. The molecule has 9 nitrogen and oxygen atoms in total. The number of Topliss-reactive ketones (excluding diaryl/α,β-unsaturated/α-hetero) is 1. The van der Waals surface area contributed by atoms with Gasteiger partial charge in [0.15, 0.2) is 17.4 Å². The molecule has 2 aromatic heterocycles. The Morgan fingerprint density at radius 1 is 1.11 bits per heavy atom. The van der Waals surface area contributed by atoms with Crippen LogP contribution in [0.15, 0.2) is 53.8 Å². The van der Waals surface area contributed by atoms with Crippen molar-refractivity contribution in [2.45, 2.75) is 39.2 Å². The van der Waals surface area contributed by atoms with E-state index in [2.05, 4.69) is 25.6 Å². The van der Waals surface area contributed by atoms with Gasteiger partial charge >= 0.3 is 0 Å². The van der Waals surface area contributed by atoms with E-state index in [1.54, 1.807) is 69.7 Å². The molecule has 0 amide bonds. The zero-order valence-corrected chi connectivity index (χ0v) is 20.8. The Labute approximate surface area is 210 Å². The number of carbonyl (C=O) groups excluding carboxylic acids is 1. The number of ether oxygens (including phenoxy) is 1. The molecular formula is C27H30N6O3. The standard InChI is InChI=1S/C27H30N6O3/c1-5-29-26(28)18-7-6-8-20(25(18)36-4)32-21-13-23(31-15-19(21)24(34)16-9-10-16)33-22-12-11-17(14-30-22)27(2,3)35/h5-8,11-16,28,35H,9-10H2,1-4H3,(H2,30,31,32,33). The summed E-state index contributed by atoms with van der Waals surface area (Å²) in [7, 11) is 1.53. The minimum absolute atomic E-state index is 0.0162. The third-order valence-electron chi connectivity index (χ3n) is 5.85. The van der Waals surface area contributed by atoms with E-state index >= 15 is 0 Å². The molecule has 2 heterocycles. The van der Waals surface area contributed by atoms with Crippen LogP contribution in [0.5, 0.6) is 5.75 Å².